The van der Waals surface area contributed by atoms with Crippen molar-refractivity contribution in [1.29, 1.82) is 0 Å². The molecule has 0 aliphatic carbocycles. The summed E-state index contributed by atoms with van der Waals surface area (Å²) >= 11 is 0.903. The number of aromatic nitrogens is 2. The molecule has 0 atom stereocenters. The van der Waals surface area contributed by atoms with E-state index in [0.29, 0.717) is 17.3 Å². The van der Waals surface area contributed by atoms with Crippen molar-refractivity contribution in [2.24, 2.45) is 7.05 Å². The van der Waals surface area contributed by atoms with Crippen molar-refractivity contribution in [3.05, 3.63) is 64.8 Å². The fraction of sp³-hybridized carbons (Fsp3) is 0.105. The molecule has 26 heavy (non-hydrogen) atoms. The smallest absolute Gasteiger partial charge is 0.290 e. The molecular weight excluding hydrogens is 350 g/mol. The molecule has 0 saturated carbocycles. The molecule has 2 heterocycles. The Morgan fingerprint density at radius 2 is 1.92 bits per heavy atom. The lowest BCUT2D eigenvalue weighted by Crippen LogP contribution is -2.17. The number of aryl methyl sites for hydroxylation is 1. The maximum atomic E-state index is 11.6. The lowest BCUT2D eigenvalue weighted by atomic mass is 10.2. The number of para-hydroxylation sites is 2. The number of fused-ring (bicyclic) bond motifs is 1. The van der Waals surface area contributed by atoms with Crippen LogP contribution in [0.15, 0.2) is 53.4 Å². The normalized spacial score (nSPS) is 15.7. The second-order valence-corrected chi connectivity index (χ2v) is 6.80. The third-order valence-corrected chi connectivity index (χ3v) is 4.88. The first-order chi connectivity index (χ1) is 12.6. The van der Waals surface area contributed by atoms with Gasteiger partial charge < -0.3 is 9.30 Å². The minimum atomic E-state index is -0.359. The van der Waals surface area contributed by atoms with Crippen LogP contribution in [-0.4, -0.2) is 20.7 Å². The summed E-state index contributed by atoms with van der Waals surface area (Å²) in [7, 11) is 1.97. The topological polar surface area (TPSA) is 73.2 Å². The Balaban J connectivity index is 1.46. The van der Waals surface area contributed by atoms with Crippen molar-refractivity contribution in [1.82, 2.24) is 14.9 Å². The van der Waals surface area contributed by atoms with Gasteiger partial charge in [0.05, 0.1) is 15.9 Å². The van der Waals surface area contributed by atoms with Gasteiger partial charge >= 0.3 is 0 Å². The van der Waals surface area contributed by atoms with Crippen molar-refractivity contribution >= 4 is 40.0 Å². The van der Waals surface area contributed by atoms with E-state index in [1.807, 2.05) is 60.1 Å². The molecule has 0 spiro atoms. The monoisotopic (exact) mass is 365 g/mol. The molecular formula is C19H15N3O3S. The fourth-order valence-electron chi connectivity index (χ4n) is 2.71. The van der Waals surface area contributed by atoms with E-state index in [9.17, 15) is 9.59 Å². The van der Waals surface area contributed by atoms with E-state index in [4.69, 9.17) is 4.74 Å². The minimum Gasteiger partial charge on any atom is -0.486 e. The Labute approximate surface area is 153 Å². The first kappa shape index (κ1) is 16.4. The van der Waals surface area contributed by atoms with Crippen molar-refractivity contribution in [3.8, 4) is 5.75 Å². The highest BCUT2D eigenvalue weighted by Crippen LogP contribution is 2.26. The van der Waals surface area contributed by atoms with Gasteiger partial charge in [0.1, 0.15) is 18.2 Å². The largest absolute Gasteiger partial charge is 0.486 e. The van der Waals surface area contributed by atoms with Crippen LogP contribution in [0, 0.1) is 0 Å². The molecule has 3 aromatic rings. The molecule has 1 aliphatic heterocycles. The van der Waals surface area contributed by atoms with Gasteiger partial charge in [-0.25, -0.2) is 4.98 Å². The van der Waals surface area contributed by atoms with Crippen LogP contribution in [0.3, 0.4) is 0 Å². The van der Waals surface area contributed by atoms with Gasteiger partial charge in [-0.15, -0.1) is 0 Å². The summed E-state index contributed by atoms with van der Waals surface area (Å²) in [6, 6.07) is 15.3. The number of thioether (sulfide) groups is 1. The van der Waals surface area contributed by atoms with Gasteiger partial charge in [-0.2, -0.15) is 0 Å². The third kappa shape index (κ3) is 3.21. The Morgan fingerprint density at radius 1 is 1.15 bits per heavy atom. The zero-order valence-corrected chi connectivity index (χ0v) is 14.7. The molecule has 1 N–H and O–H groups in total. The Hall–Kier alpha value is -3.06. The number of carbonyl (C=O) groups is 2. The number of ether oxygens (including phenoxy) is 1. The van der Waals surface area contributed by atoms with Crippen molar-refractivity contribution in [3.63, 3.8) is 0 Å². The van der Waals surface area contributed by atoms with Gasteiger partial charge in [0, 0.05) is 7.05 Å². The number of amides is 2. The van der Waals surface area contributed by atoms with Crippen LogP contribution < -0.4 is 10.1 Å². The number of carbonyl (C=O) groups excluding carboxylic acids is 2. The summed E-state index contributed by atoms with van der Waals surface area (Å²) in [6.07, 6.45) is 1.68. The average Bonchev–Trinajstić information content (AvgIpc) is 3.13. The van der Waals surface area contributed by atoms with Crippen molar-refractivity contribution in [2.45, 2.75) is 6.61 Å². The fourth-order valence-corrected chi connectivity index (χ4v) is 3.39. The van der Waals surface area contributed by atoms with Gasteiger partial charge in [-0.05, 0) is 47.7 Å². The van der Waals surface area contributed by atoms with Crippen LogP contribution in [0.1, 0.15) is 11.4 Å². The number of imidazole rings is 1. The standard InChI is InChI=1S/C19H15N3O3S/c1-22-15-5-3-2-4-14(15)20-17(22)11-25-13-8-6-12(7-9-13)10-16-18(23)21-19(24)26-16/h2-10H,11H2,1H3,(H,21,23,24). The van der Waals surface area contributed by atoms with Crippen LogP contribution in [0.25, 0.3) is 17.1 Å². The Bertz CT molecular complexity index is 1040. The maximum Gasteiger partial charge on any atom is 0.290 e. The third-order valence-electron chi connectivity index (χ3n) is 4.07. The number of nitrogens with zero attached hydrogens (tertiary/aromatic N) is 2. The van der Waals surface area contributed by atoms with E-state index in [1.165, 1.54) is 0 Å². The summed E-state index contributed by atoms with van der Waals surface area (Å²) in [5.41, 5.74) is 2.83. The quantitative estimate of drug-likeness (QED) is 0.717. The molecule has 7 heteroatoms. The van der Waals surface area contributed by atoms with Crippen LogP contribution in [0.5, 0.6) is 5.75 Å². The SMILES string of the molecule is Cn1c(COc2ccc(C=C3SC(=O)NC3=O)cc2)nc2ccccc21. The molecule has 2 amide bonds. The maximum absolute atomic E-state index is 11.6. The van der Waals surface area contributed by atoms with Crippen LogP contribution in [0.2, 0.25) is 0 Å². The molecule has 4 rings (SSSR count). The highest BCUT2D eigenvalue weighted by Gasteiger charge is 2.24. The number of hydrogen-bond acceptors (Lipinski definition) is 5. The van der Waals surface area contributed by atoms with Gasteiger partial charge in [0.2, 0.25) is 0 Å². The summed E-state index contributed by atoms with van der Waals surface area (Å²) in [6.45, 7) is 0.359. The Morgan fingerprint density at radius 3 is 2.62 bits per heavy atom. The molecule has 1 aromatic heterocycles. The van der Waals surface area contributed by atoms with E-state index in [2.05, 4.69) is 10.3 Å². The lowest BCUT2D eigenvalue weighted by Gasteiger charge is -2.07. The predicted molar refractivity (Wildman–Crippen MR) is 101 cm³/mol. The van der Waals surface area contributed by atoms with E-state index in [0.717, 1.165) is 34.2 Å². The molecule has 6 nitrogen and oxygen atoms in total. The summed E-state index contributed by atoms with van der Waals surface area (Å²) in [5, 5.41) is 1.89. The van der Waals surface area contributed by atoms with E-state index in [1.54, 1.807) is 6.08 Å². The number of nitrogens with one attached hydrogen (secondary N) is 1. The van der Waals surface area contributed by atoms with E-state index in [-0.39, 0.29) is 11.1 Å². The zero-order valence-electron chi connectivity index (χ0n) is 13.9. The molecule has 0 unspecified atom stereocenters. The highest BCUT2D eigenvalue weighted by atomic mass is 32.2. The summed E-state index contributed by atoms with van der Waals surface area (Å²) in [5.74, 6) is 1.19. The molecule has 0 radical (unpaired) electrons. The molecule has 1 aliphatic rings. The molecule has 130 valence electrons. The minimum absolute atomic E-state index is 0.344. The first-order valence-corrected chi connectivity index (χ1v) is 8.80. The highest BCUT2D eigenvalue weighted by molar-refractivity contribution is 8.18. The Kier molecular flexibility index (Phi) is 4.22. The number of imide groups is 1. The van der Waals surface area contributed by atoms with Crippen molar-refractivity contribution in [2.75, 3.05) is 0 Å². The van der Waals surface area contributed by atoms with Crippen LogP contribution in [-0.2, 0) is 18.4 Å². The lowest BCUT2D eigenvalue weighted by molar-refractivity contribution is -0.115. The van der Waals surface area contributed by atoms with Crippen LogP contribution in [0.4, 0.5) is 4.79 Å². The van der Waals surface area contributed by atoms with Gasteiger partial charge in [0.25, 0.3) is 11.1 Å². The summed E-state index contributed by atoms with van der Waals surface area (Å²) < 4.78 is 7.84. The second-order valence-electron chi connectivity index (χ2n) is 5.79. The number of benzene rings is 2. The summed E-state index contributed by atoms with van der Waals surface area (Å²) in [4.78, 5) is 27.7. The molecule has 2 aromatic carbocycles. The van der Waals surface area contributed by atoms with E-state index >= 15 is 0 Å². The van der Waals surface area contributed by atoms with Gasteiger partial charge in [-0.1, -0.05) is 24.3 Å². The molecule has 1 saturated heterocycles. The average molecular weight is 365 g/mol. The number of rotatable bonds is 4. The first-order valence-electron chi connectivity index (χ1n) is 7.98. The molecule has 0 bridgehead atoms. The van der Waals surface area contributed by atoms with E-state index < -0.39 is 0 Å². The second kappa shape index (κ2) is 6.68. The van der Waals surface area contributed by atoms with Gasteiger partial charge in [-0.3, -0.25) is 14.9 Å². The predicted octanol–water partition coefficient (Wildman–Crippen LogP) is 3.48. The van der Waals surface area contributed by atoms with Gasteiger partial charge in [0.15, 0.2) is 0 Å². The van der Waals surface area contributed by atoms with Crippen LogP contribution >= 0.6 is 11.8 Å². The van der Waals surface area contributed by atoms with Crippen molar-refractivity contribution < 1.29 is 14.3 Å². The zero-order chi connectivity index (χ0) is 18.1. The number of hydrogen-bond donors (Lipinski definition) is 1. The molecule has 1 fully saturated rings.